The summed E-state index contributed by atoms with van der Waals surface area (Å²) in [5.74, 6) is 1.67. The van der Waals surface area contributed by atoms with Crippen molar-refractivity contribution in [2.75, 3.05) is 32.5 Å². The number of benzene rings is 2. The quantitative estimate of drug-likeness (QED) is 0.803. The molecule has 136 valence electrons. The minimum atomic E-state index is 0. The molecule has 0 aromatic heterocycles. The van der Waals surface area contributed by atoms with Crippen molar-refractivity contribution in [1.82, 2.24) is 4.90 Å². The van der Waals surface area contributed by atoms with Gasteiger partial charge in [-0.2, -0.15) is 0 Å². The number of ether oxygens (including phenoxy) is 1. The van der Waals surface area contributed by atoms with Crippen molar-refractivity contribution in [3.63, 3.8) is 0 Å². The molecular formula is C21H29ClN2O. The highest BCUT2D eigenvalue weighted by Gasteiger charge is 2.18. The topological polar surface area (TPSA) is 38.5 Å². The van der Waals surface area contributed by atoms with Gasteiger partial charge in [0.05, 0.1) is 6.61 Å². The molecule has 2 aromatic carbocycles. The molecule has 3 nitrogen and oxygen atoms in total. The molecule has 1 aliphatic heterocycles. The van der Waals surface area contributed by atoms with E-state index in [0.717, 1.165) is 30.2 Å². The van der Waals surface area contributed by atoms with E-state index >= 15 is 0 Å². The average Bonchev–Trinajstić information content (AvgIpc) is 2.54. The molecule has 25 heavy (non-hydrogen) atoms. The fourth-order valence-electron chi connectivity index (χ4n) is 3.67. The van der Waals surface area contributed by atoms with Crippen LogP contribution in [0.2, 0.25) is 0 Å². The smallest absolute Gasteiger partial charge is 0.125 e. The maximum atomic E-state index is 6.22. The first-order chi connectivity index (χ1) is 11.5. The molecule has 1 aliphatic rings. The number of likely N-dealkylation sites (tertiary alicyclic amines) is 1. The average molecular weight is 361 g/mol. The zero-order chi connectivity index (χ0) is 17.1. The summed E-state index contributed by atoms with van der Waals surface area (Å²) >= 11 is 0. The Morgan fingerprint density at radius 2 is 1.84 bits per heavy atom. The molecule has 0 saturated carbocycles. The Kier molecular flexibility index (Phi) is 6.74. The van der Waals surface area contributed by atoms with E-state index in [-0.39, 0.29) is 12.4 Å². The molecule has 1 saturated heterocycles. The second-order valence-electron chi connectivity index (χ2n) is 7.15. The van der Waals surface area contributed by atoms with E-state index in [9.17, 15) is 0 Å². The minimum Gasteiger partial charge on any atom is -0.493 e. The maximum absolute atomic E-state index is 6.22. The Morgan fingerprint density at radius 1 is 1.12 bits per heavy atom. The summed E-state index contributed by atoms with van der Waals surface area (Å²) < 4.78 is 6.22. The monoisotopic (exact) mass is 360 g/mol. The van der Waals surface area contributed by atoms with Crippen molar-refractivity contribution in [3.05, 3.63) is 47.5 Å². The number of halogens is 1. The van der Waals surface area contributed by atoms with Crippen molar-refractivity contribution in [1.29, 1.82) is 0 Å². The van der Waals surface area contributed by atoms with Crippen molar-refractivity contribution in [2.45, 2.75) is 26.7 Å². The first-order valence-corrected chi connectivity index (χ1v) is 8.81. The summed E-state index contributed by atoms with van der Waals surface area (Å²) in [5, 5.41) is 0. The highest BCUT2D eigenvalue weighted by Crippen LogP contribution is 2.31. The molecule has 3 rings (SSSR count). The number of rotatable bonds is 4. The second kappa shape index (κ2) is 8.59. The Bertz CT molecular complexity index is 694. The lowest BCUT2D eigenvalue weighted by molar-refractivity contribution is 0.149. The molecule has 1 fully saturated rings. The van der Waals surface area contributed by atoms with Crippen LogP contribution in [0.15, 0.2) is 36.4 Å². The molecule has 1 unspecified atom stereocenters. The van der Waals surface area contributed by atoms with E-state index in [2.05, 4.69) is 44.0 Å². The van der Waals surface area contributed by atoms with Crippen LogP contribution in [0.5, 0.6) is 5.75 Å². The normalized spacial score (nSPS) is 17.8. The van der Waals surface area contributed by atoms with Crippen LogP contribution in [0.4, 0.5) is 5.69 Å². The lowest BCUT2D eigenvalue weighted by Crippen LogP contribution is -2.34. The minimum absolute atomic E-state index is 0. The Balaban J connectivity index is 0.00000225. The molecule has 1 atom stereocenters. The van der Waals surface area contributed by atoms with Crippen LogP contribution in [0.1, 0.15) is 24.0 Å². The van der Waals surface area contributed by atoms with Gasteiger partial charge in [-0.3, -0.25) is 0 Å². The van der Waals surface area contributed by atoms with E-state index in [4.69, 9.17) is 10.5 Å². The zero-order valence-corrected chi connectivity index (χ0v) is 16.2. The molecule has 0 radical (unpaired) electrons. The summed E-state index contributed by atoms with van der Waals surface area (Å²) in [6.45, 7) is 7.42. The van der Waals surface area contributed by atoms with Crippen LogP contribution in [0.3, 0.4) is 0 Å². The molecule has 0 spiro atoms. The molecule has 4 heteroatoms. The van der Waals surface area contributed by atoms with Crippen molar-refractivity contribution in [2.24, 2.45) is 5.92 Å². The molecule has 0 aliphatic carbocycles. The standard InChI is InChI=1S/C21H28N2O.ClH/c1-15-10-19(18-7-4-8-20(22)12-18)11-16(2)21(15)24-14-17-6-5-9-23(3)13-17;/h4,7-8,10-12,17H,5-6,9,13-14,22H2,1-3H3;1H. The number of anilines is 1. The molecule has 2 aromatic rings. The molecule has 0 bridgehead atoms. The molecule has 0 amide bonds. The molecule has 2 N–H and O–H groups in total. The fraction of sp³-hybridized carbons (Fsp3) is 0.429. The van der Waals surface area contributed by atoms with Gasteiger partial charge < -0.3 is 15.4 Å². The number of nitrogen functional groups attached to an aromatic ring is 1. The Hall–Kier alpha value is -1.71. The predicted molar refractivity (Wildman–Crippen MR) is 109 cm³/mol. The second-order valence-corrected chi connectivity index (χ2v) is 7.15. The van der Waals surface area contributed by atoms with Gasteiger partial charge in [-0.15, -0.1) is 12.4 Å². The van der Waals surface area contributed by atoms with E-state index in [0.29, 0.717) is 5.92 Å². The first kappa shape index (κ1) is 19.6. The Morgan fingerprint density at radius 3 is 2.48 bits per heavy atom. The number of piperidine rings is 1. The zero-order valence-electron chi connectivity index (χ0n) is 15.4. The predicted octanol–water partition coefficient (Wildman–Crippen LogP) is 4.70. The van der Waals surface area contributed by atoms with Crippen LogP contribution in [-0.4, -0.2) is 31.6 Å². The Labute approximate surface area is 157 Å². The maximum Gasteiger partial charge on any atom is 0.125 e. The number of nitrogens with zero attached hydrogens (tertiary/aromatic N) is 1. The van der Waals surface area contributed by atoms with Crippen LogP contribution in [0, 0.1) is 19.8 Å². The summed E-state index contributed by atoms with van der Waals surface area (Å²) in [6.07, 6.45) is 2.54. The highest BCUT2D eigenvalue weighted by molar-refractivity contribution is 5.85. The van der Waals surface area contributed by atoms with E-state index < -0.39 is 0 Å². The van der Waals surface area contributed by atoms with Gasteiger partial charge in [0.2, 0.25) is 0 Å². The van der Waals surface area contributed by atoms with Crippen molar-refractivity contribution >= 4 is 18.1 Å². The van der Waals surface area contributed by atoms with Gasteiger partial charge in [-0.25, -0.2) is 0 Å². The van der Waals surface area contributed by atoms with Crippen molar-refractivity contribution in [3.8, 4) is 16.9 Å². The number of aryl methyl sites for hydroxylation is 2. The van der Waals surface area contributed by atoms with Crippen LogP contribution >= 0.6 is 12.4 Å². The van der Waals surface area contributed by atoms with Crippen LogP contribution in [-0.2, 0) is 0 Å². The summed E-state index contributed by atoms with van der Waals surface area (Å²) in [7, 11) is 2.20. The number of hydrogen-bond donors (Lipinski definition) is 1. The highest BCUT2D eigenvalue weighted by atomic mass is 35.5. The number of hydrogen-bond acceptors (Lipinski definition) is 3. The van der Waals surface area contributed by atoms with E-state index in [1.165, 1.54) is 36.1 Å². The van der Waals surface area contributed by atoms with Crippen molar-refractivity contribution < 1.29 is 4.74 Å². The summed E-state index contributed by atoms with van der Waals surface area (Å²) in [6, 6.07) is 12.4. The van der Waals surface area contributed by atoms with Gasteiger partial charge >= 0.3 is 0 Å². The third kappa shape index (κ3) is 4.90. The largest absolute Gasteiger partial charge is 0.493 e. The number of nitrogens with two attached hydrogens (primary N) is 1. The van der Waals surface area contributed by atoms with Gasteiger partial charge in [0.15, 0.2) is 0 Å². The van der Waals surface area contributed by atoms with Crippen LogP contribution < -0.4 is 10.5 Å². The van der Waals surface area contributed by atoms with Gasteiger partial charge in [-0.05, 0) is 86.8 Å². The lowest BCUT2D eigenvalue weighted by atomic mass is 9.98. The van der Waals surface area contributed by atoms with E-state index in [1.807, 2.05) is 18.2 Å². The van der Waals surface area contributed by atoms with E-state index in [1.54, 1.807) is 0 Å². The van der Waals surface area contributed by atoms with Gasteiger partial charge in [-0.1, -0.05) is 12.1 Å². The summed E-state index contributed by atoms with van der Waals surface area (Å²) in [5.41, 5.74) is 11.4. The fourth-order valence-corrected chi connectivity index (χ4v) is 3.67. The van der Waals surface area contributed by atoms with Gasteiger partial charge in [0.1, 0.15) is 5.75 Å². The molecular weight excluding hydrogens is 332 g/mol. The van der Waals surface area contributed by atoms with Gasteiger partial charge in [0.25, 0.3) is 0 Å². The lowest BCUT2D eigenvalue weighted by Gasteiger charge is -2.29. The summed E-state index contributed by atoms with van der Waals surface area (Å²) in [4.78, 5) is 2.40. The van der Waals surface area contributed by atoms with Crippen LogP contribution in [0.25, 0.3) is 11.1 Å². The van der Waals surface area contributed by atoms with Gasteiger partial charge in [0, 0.05) is 18.2 Å². The third-order valence-corrected chi connectivity index (χ3v) is 4.87. The SMILES string of the molecule is Cc1cc(-c2cccc(N)c2)cc(C)c1OCC1CCCN(C)C1.Cl. The third-order valence-electron chi connectivity index (χ3n) is 4.87. The first-order valence-electron chi connectivity index (χ1n) is 8.81. The molecule has 1 heterocycles.